The van der Waals surface area contributed by atoms with E-state index in [1.54, 1.807) is 26.6 Å². The molecule has 1 aromatic rings. The van der Waals surface area contributed by atoms with Gasteiger partial charge in [0.15, 0.2) is 0 Å². The molecule has 0 radical (unpaired) electrons. The van der Waals surface area contributed by atoms with E-state index in [-0.39, 0.29) is 17.9 Å². The normalized spacial score (nSPS) is 21.3. The second-order valence-corrected chi connectivity index (χ2v) is 6.13. The van der Waals surface area contributed by atoms with Crippen molar-refractivity contribution >= 4 is 11.9 Å². The molecule has 2 heterocycles. The van der Waals surface area contributed by atoms with Crippen molar-refractivity contribution < 1.29 is 14.6 Å². The number of nitrogens with zero attached hydrogens (tertiary/aromatic N) is 3. The summed E-state index contributed by atoms with van der Waals surface area (Å²) in [5.74, 6) is 0.418. The van der Waals surface area contributed by atoms with E-state index >= 15 is 0 Å². The Bertz CT molecular complexity index is 509. The summed E-state index contributed by atoms with van der Waals surface area (Å²) in [5, 5.41) is 12.7. The number of ether oxygens (including phenoxy) is 1. The van der Waals surface area contributed by atoms with E-state index in [1.807, 2.05) is 4.90 Å². The van der Waals surface area contributed by atoms with Crippen LogP contribution in [0.2, 0.25) is 0 Å². The van der Waals surface area contributed by atoms with Crippen LogP contribution < -0.4 is 5.32 Å². The third-order valence-corrected chi connectivity index (χ3v) is 4.46. The molecule has 2 N–H and O–H groups in total. The first-order valence-corrected chi connectivity index (χ1v) is 8.03. The number of aromatic nitrogens is 2. The lowest BCUT2D eigenvalue weighted by Crippen LogP contribution is -2.48. The van der Waals surface area contributed by atoms with Gasteiger partial charge in [-0.1, -0.05) is 0 Å². The van der Waals surface area contributed by atoms with Crippen molar-refractivity contribution in [3.8, 4) is 0 Å². The fraction of sp³-hybridized carbons (Fsp3) is 0.688. The molecule has 0 unspecified atom stereocenters. The zero-order valence-corrected chi connectivity index (χ0v) is 13.9. The van der Waals surface area contributed by atoms with Crippen molar-refractivity contribution in [2.75, 3.05) is 45.8 Å². The zero-order chi connectivity index (χ0) is 16.7. The second-order valence-electron chi connectivity index (χ2n) is 6.13. The molecule has 128 valence electrons. The highest BCUT2D eigenvalue weighted by Gasteiger charge is 2.36. The van der Waals surface area contributed by atoms with Gasteiger partial charge in [-0.15, -0.1) is 0 Å². The lowest BCUT2D eigenvalue weighted by Gasteiger charge is -2.42. The van der Waals surface area contributed by atoms with Crippen molar-refractivity contribution in [1.29, 1.82) is 0 Å². The molecule has 0 spiro atoms. The summed E-state index contributed by atoms with van der Waals surface area (Å²) in [5.41, 5.74) is 0.257. The van der Waals surface area contributed by atoms with Crippen molar-refractivity contribution in [3.05, 3.63) is 18.0 Å². The van der Waals surface area contributed by atoms with Gasteiger partial charge >= 0.3 is 0 Å². The van der Waals surface area contributed by atoms with Crippen LogP contribution in [0.25, 0.3) is 0 Å². The van der Waals surface area contributed by atoms with E-state index in [9.17, 15) is 9.90 Å². The van der Waals surface area contributed by atoms with Gasteiger partial charge in [0.2, 0.25) is 5.95 Å². The molecule has 1 fully saturated rings. The predicted molar refractivity (Wildman–Crippen MR) is 87.3 cm³/mol. The minimum Gasteiger partial charge on any atom is -0.396 e. The molecule has 1 amide bonds. The number of likely N-dealkylation sites (tertiary alicyclic amines) is 1. The molecule has 1 atom stereocenters. The molecule has 2 rings (SSSR count). The Morgan fingerprint density at radius 1 is 1.48 bits per heavy atom. The van der Waals surface area contributed by atoms with Crippen LogP contribution in [0.1, 0.15) is 36.0 Å². The maximum atomic E-state index is 12.7. The summed E-state index contributed by atoms with van der Waals surface area (Å²) in [6, 6.07) is 0. The van der Waals surface area contributed by atoms with Gasteiger partial charge in [0.1, 0.15) is 0 Å². The van der Waals surface area contributed by atoms with Crippen molar-refractivity contribution in [3.63, 3.8) is 0 Å². The Morgan fingerprint density at radius 3 is 2.83 bits per heavy atom. The number of amides is 1. The fourth-order valence-electron chi connectivity index (χ4n) is 3.14. The van der Waals surface area contributed by atoms with Crippen LogP contribution in [0.3, 0.4) is 0 Å². The number of hydrogen-bond acceptors (Lipinski definition) is 6. The molecule has 0 aliphatic carbocycles. The third-order valence-electron chi connectivity index (χ3n) is 4.46. The van der Waals surface area contributed by atoms with E-state index in [0.717, 1.165) is 25.7 Å². The van der Waals surface area contributed by atoms with Gasteiger partial charge in [-0.2, -0.15) is 0 Å². The quantitative estimate of drug-likeness (QED) is 0.733. The van der Waals surface area contributed by atoms with Crippen molar-refractivity contribution in [1.82, 2.24) is 14.9 Å². The summed E-state index contributed by atoms with van der Waals surface area (Å²) in [7, 11) is 3.41. The standard InChI is InChI=1S/C16H26N4O3/c1-17-15-18-9-13(10-19-15)14(22)20-7-3-5-16(11-20,12-21)6-4-8-23-2/h9-10,21H,3-8,11-12H2,1-2H3,(H,17,18,19)/t16-/m1/s1. The first kappa shape index (κ1) is 17.6. The van der Waals surface area contributed by atoms with E-state index in [1.165, 1.54) is 0 Å². The van der Waals surface area contributed by atoms with Gasteiger partial charge in [0.25, 0.3) is 5.91 Å². The molecule has 0 saturated carbocycles. The summed E-state index contributed by atoms with van der Waals surface area (Å²) < 4.78 is 5.10. The third kappa shape index (κ3) is 4.39. The molecular formula is C16H26N4O3. The maximum absolute atomic E-state index is 12.7. The minimum atomic E-state index is -0.224. The van der Waals surface area contributed by atoms with Crippen LogP contribution in [0.5, 0.6) is 0 Å². The van der Waals surface area contributed by atoms with Crippen molar-refractivity contribution in [2.24, 2.45) is 5.41 Å². The molecule has 7 heteroatoms. The van der Waals surface area contributed by atoms with Crippen LogP contribution in [0, 0.1) is 5.41 Å². The molecule has 0 bridgehead atoms. The Hall–Kier alpha value is -1.73. The Kier molecular flexibility index (Phi) is 6.29. The van der Waals surface area contributed by atoms with Gasteiger partial charge in [0, 0.05) is 51.7 Å². The first-order chi connectivity index (χ1) is 11.1. The SMILES string of the molecule is CNc1ncc(C(=O)N2CCC[C@@](CO)(CCCOC)C2)cn1. The highest BCUT2D eigenvalue weighted by Crippen LogP contribution is 2.34. The number of anilines is 1. The molecule has 7 nitrogen and oxygen atoms in total. The van der Waals surface area contributed by atoms with Gasteiger partial charge in [-0.25, -0.2) is 9.97 Å². The average molecular weight is 322 g/mol. The fourth-order valence-corrected chi connectivity index (χ4v) is 3.14. The predicted octanol–water partition coefficient (Wildman–Crippen LogP) is 1.16. The number of hydrogen-bond donors (Lipinski definition) is 2. The molecule has 1 saturated heterocycles. The van der Waals surface area contributed by atoms with Gasteiger partial charge < -0.3 is 20.1 Å². The summed E-state index contributed by atoms with van der Waals surface area (Å²) in [6.45, 7) is 2.04. The van der Waals surface area contributed by atoms with Gasteiger partial charge in [-0.3, -0.25) is 4.79 Å². The van der Waals surface area contributed by atoms with Crippen LogP contribution in [-0.2, 0) is 4.74 Å². The monoisotopic (exact) mass is 322 g/mol. The molecule has 0 aromatic carbocycles. The highest BCUT2D eigenvalue weighted by molar-refractivity contribution is 5.93. The Balaban J connectivity index is 2.04. The minimum absolute atomic E-state index is 0.0723. The van der Waals surface area contributed by atoms with Gasteiger partial charge in [0.05, 0.1) is 12.2 Å². The van der Waals surface area contributed by atoms with Gasteiger partial charge in [-0.05, 0) is 25.7 Å². The zero-order valence-electron chi connectivity index (χ0n) is 13.9. The average Bonchev–Trinajstić information content (AvgIpc) is 2.61. The summed E-state index contributed by atoms with van der Waals surface area (Å²) >= 11 is 0. The smallest absolute Gasteiger partial charge is 0.257 e. The topological polar surface area (TPSA) is 87.6 Å². The van der Waals surface area contributed by atoms with E-state index in [4.69, 9.17) is 4.74 Å². The number of carbonyl (C=O) groups is 1. The number of aliphatic hydroxyl groups is 1. The van der Waals surface area contributed by atoms with Crippen LogP contribution >= 0.6 is 0 Å². The maximum Gasteiger partial charge on any atom is 0.257 e. The highest BCUT2D eigenvalue weighted by atomic mass is 16.5. The van der Waals surface area contributed by atoms with Crippen molar-refractivity contribution in [2.45, 2.75) is 25.7 Å². The molecular weight excluding hydrogens is 296 g/mol. The lowest BCUT2D eigenvalue weighted by atomic mass is 9.77. The van der Waals surface area contributed by atoms with E-state index < -0.39 is 0 Å². The number of carbonyl (C=O) groups excluding carboxylic acids is 1. The summed E-state index contributed by atoms with van der Waals surface area (Å²) in [4.78, 5) is 22.7. The Labute approximate surface area is 137 Å². The first-order valence-electron chi connectivity index (χ1n) is 8.03. The number of rotatable bonds is 7. The largest absolute Gasteiger partial charge is 0.396 e. The summed E-state index contributed by atoms with van der Waals surface area (Å²) in [6.07, 6.45) is 6.67. The number of methoxy groups -OCH3 is 1. The van der Waals surface area contributed by atoms with Crippen LogP contribution in [-0.4, -0.2) is 66.3 Å². The molecule has 1 aliphatic heterocycles. The number of nitrogens with one attached hydrogen (secondary N) is 1. The van der Waals surface area contributed by atoms with E-state index in [0.29, 0.717) is 31.2 Å². The number of aliphatic hydroxyl groups excluding tert-OH is 1. The van der Waals surface area contributed by atoms with Crippen LogP contribution in [0.15, 0.2) is 12.4 Å². The van der Waals surface area contributed by atoms with E-state index in [2.05, 4.69) is 15.3 Å². The molecule has 1 aliphatic rings. The Morgan fingerprint density at radius 2 is 2.22 bits per heavy atom. The lowest BCUT2D eigenvalue weighted by molar-refractivity contribution is 0.0180. The van der Waals surface area contributed by atoms with Crippen LogP contribution in [0.4, 0.5) is 5.95 Å². The molecule has 1 aromatic heterocycles. The number of piperidine rings is 1. The molecule has 23 heavy (non-hydrogen) atoms. The second kappa shape index (κ2) is 8.21.